The molecule has 0 nitrogen and oxygen atoms in total. The fourth-order valence-corrected chi connectivity index (χ4v) is 10.3. The molecule has 0 radical (unpaired) electrons. The van der Waals surface area contributed by atoms with E-state index in [-0.39, 0.29) is 0 Å². The van der Waals surface area contributed by atoms with Crippen molar-refractivity contribution in [1.29, 1.82) is 0 Å². The summed E-state index contributed by atoms with van der Waals surface area (Å²) in [7, 11) is 0. The minimum atomic E-state index is 0.681. The van der Waals surface area contributed by atoms with Gasteiger partial charge in [0.1, 0.15) is 0 Å². The Bertz CT molecular complexity index is 577. The lowest BCUT2D eigenvalue weighted by Gasteiger charge is -2.59. The van der Waals surface area contributed by atoms with Crippen molar-refractivity contribution in [3.63, 3.8) is 0 Å². The van der Waals surface area contributed by atoms with Crippen LogP contribution in [-0.4, -0.2) is 0 Å². The molecule has 0 aliphatic heterocycles. The highest BCUT2D eigenvalue weighted by Crippen LogP contribution is 2.81. The maximum absolute atomic E-state index is 2.76. The van der Waals surface area contributed by atoms with Gasteiger partial charge in [-0.05, 0) is 115 Å². The molecule has 5 aliphatic carbocycles. The summed E-state index contributed by atoms with van der Waals surface area (Å²) < 4.78 is 0. The van der Waals surface area contributed by atoms with E-state index < -0.39 is 0 Å². The molecule has 0 aromatic carbocycles. The highest BCUT2D eigenvalue weighted by Gasteiger charge is 2.73. The summed E-state index contributed by atoms with van der Waals surface area (Å²) in [6, 6.07) is 0. The molecule has 0 N–H and O–H groups in total. The second-order valence-corrected chi connectivity index (χ2v) is 13.0. The van der Waals surface area contributed by atoms with E-state index in [0.29, 0.717) is 5.41 Å². The van der Waals surface area contributed by atoms with E-state index in [0.717, 1.165) is 52.3 Å². The van der Waals surface area contributed by atoms with Crippen molar-refractivity contribution in [1.82, 2.24) is 0 Å². The third kappa shape index (κ3) is 2.53. The molecular weight excluding hydrogens is 324 g/mol. The highest BCUT2D eigenvalue weighted by molar-refractivity contribution is 5.22. The van der Waals surface area contributed by atoms with Gasteiger partial charge in [-0.3, -0.25) is 0 Å². The molecule has 5 rings (SSSR count). The largest absolute Gasteiger partial charge is 0.0628 e. The zero-order valence-electron chi connectivity index (χ0n) is 19.0. The van der Waals surface area contributed by atoms with Gasteiger partial charge in [-0.15, -0.1) is 0 Å². The van der Waals surface area contributed by atoms with E-state index >= 15 is 0 Å². The predicted molar refractivity (Wildman–Crippen MR) is 116 cm³/mol. The topological polar surface area (TPSA) is 0 Å². The molecule has 5 saturated carbocycles. The molecule has 9 unspecified atom stereocenters. The average Bonchev–Trinajstić information content (AvgIpc) is 3.09. The van der Waals surface area contributed by atoms with Crippen molar-refractivity contribution in [3.05, 3.63) is 0 Å². The summed E-state index contributed by atoms with van der Waals surface area (Å²) in [6.07, 6.45) is 18.6. The van der Waals surface area contributed by atoms with Crippen molar-refractivity contribution >= 4 is 0 Å². The average molecular weight is 371 g/mol. The van der Waals surface area contributed by atoms with Crippen LogP contribution in [0.4, 0.5) is 0 Å². The van der Waals surface area contributed by atoms with Gasteiger partial charge in [0, 0.05) is 0 Å². The standard InChI is InChI=1S/C27H46/c1-18(2)7-6-8-19(3)22-9-10-23-21-12-16-27-17-20(27)11-15-26(27,5)24(21)13-14-25(22,23)4/h18-24H,6-17H2,1-5H3. The van der Waals surface area contributed by atoms with Crippen LogP contribution in [0.3, 0.4) is 0 Å². The Kier molecular flexibility index (Phi) is 4.39. The molecule has 0 heterocycles. The third-order valence-corrected chi connectivity index (χ3v) is 11.8. The van der Waals surface area contributed by atoms with Gasteiger partial charge in [0.05, 0.1) is 0 Å². The lowest BCUT2D eigenvalue weighted by atomic mass is 9.46. The first-order valence-corrected chi connectivity index (χ1v) is 12.8. The smallest absolute Gasteiger partial charge is 0.0209 e. The second kappa shape index (κ2) is 6.25. The van der Waals surface area contributed by atoms with Gasteiger partial charge < -0.3 is 0 Å². The molecule has 5 aliphatic rings. The molecule has 0 heteroatoms. The number of fused-ring (bicyclic) bond motifs is 4. The first-order chi connectivity index (χ1) is 12.8. The Labute approximate surface area is 169 Å². The molecule has 5 fully saturated rings. The number of hydrogen-bond donors (Lipinski definition) is 0. The molecule has 0 aromatic heterocycles. The fourth-order valence-electron chi connectivity index (χ4n) is 10.3. The third-order valence-electron chi connectivity index (χ3n) is 11.8. The van der Waals surface area contributed by atoms with Gasteiger partial charge in [-0.2, -0.15) is 0 Å². The molecular formula is C27H46. The van der Waals surface area contributed by atoms with Crippen LogP contribution in [-0.2, 0) is 0 Å². The zero-order chi connectivity index (χ0) is 19.0. The molecule has 0 saturated heterocycles. The van der Waals surface area contributed by atoms with Gasteiger partial charge in [0.25, 0.3) is 0 Å². The van der Waals surface area contributed by atoms with Crippen molar-refractivity contribution in [3.8, 4) is 0 Å². The summed E-state index contributed by atoms with van der Waals surface area (Å²) in [5, 5.41) is 0. The highest BCUT2D eigenvalue weighted by atomic mass is 14.8. The van der Waals surface area contributed by atoms with Crippen molar-refractivity contribution in [2.75, 3.05) is 0 Å². The van der Waals surface area contributed by atoms with Gasteiger partial charge in [0.15, 0.2) is 0 Å². The summed E-state index contributed by atoms with van der Waals surface area (Å²) in [5.74, 6) is 7.26. The summed E-state index contributed by atoms with van der Waals surface area (Å²) >= 11 is 0. The minimum absolute atomic E-state index is 0.681. The maximum Gasteiger partial charge on any atom is -0.0209 e. The Morgan fingerprint density at radius 2 is 1.63 bits per heavy atom. The summed E-state index contributed by atoms with van der Waals surface area (Å²) in [4.78, 5) is 0. The Morgan fingerprint density at radius 1 is 0.815 bits per heavy atom. The van der Waals surface area contributed by atoms with Crippen LogP contribution in [0.25, 0.3) is 0 Å². The SMILES string of the molecule is CC(C)CCCC(C)C1CCC2C3CCC45CC4CCC5(C)C3CCC12C. The van der Waals surface area contributed by atoms with E-state index in [1.165, 1.54) is 19.3 Å². The van der Waals surface area contributed by atoms with Crippen molar-refractivity contribution in [2.24, 2.45) is 57.7 Å². The normalized spacial score (nSPS) is 54.2. The van der Waals surface area contributed by atoms with Crippen LogP contribution in [0.15, 0.2) is 0 Å². The van der Waals surface area contributed by atoms with E-state index in [2.05, 4.69) is 34.6 Å². The van der Waals surface area contributed by atoms with Gasteiger partial charge in [-0.25, -0.2) is 0 Å². The van der Waals surface area contributed by atoms with Gasteiger partial charge in [0.2, 0.25) is 0 Å². The molecule has 0 bridgehead atoms. The predicted octanol–water partition coefficient (Wildman–Crippen LogP) is 8.11. The summed E-state index contributed by atoms with van der Waals surface area (Å²) in [5.41, 5.74) is 2.26. The van der Waals surface area contributed by atoms with Crippen molar-refractivity contribution < 1.29 is 0 Å². The second-order valence-electron chi connectivity index (χ2n) is 13.0. The van der Waals surface area contributed by atoms with Crippen LogP contribution in [0.2, 0.25) is 0 Å². The van der Waals surface area contributed by atoms with Crippen LogP contribution in [0.1, 0.15) is 112 Å². The van der Waals surface area contributed by atoms with E-state index in [1.807, 2.05) is 0 Å². The molecule has 27 heavy (non-hydrogen) atoms. The lowest BCUT2D eigenvalue weighted by molar-refractivity contribution is -0.104. The fraction of sp³-hybridized carbons (Fsp3) is 1.00. The zero-order valence-corrected chi connectivity index (χ0v) is 19.0. The first-order valence-electron chi connectivity index (χ1n) is 12.8. The van der Waals surface area contributed by atoms with Crippen LogP contribution in [0.5, 0.6) is 0 Å². The molecule has 0 aromatic rings. The quantitative estimate of drug-likeness (QED) is 0.458. The van der Waals surface area contributed by atoms with E-state index in [9.17, 15) is 0 Å². The molecule has 0 amide bonds. The number of hydrogen-bond acceptors (Lipinski definition) is 0. The molecule has 1 spiro atoms. The van der Waals surface area contributed by atoms with Gasteiger partial charge >= 0.3 is 0 Å². The molecule has 154 valence electrons. The Balaban J connectivity index is 1.31. The van der Waals surface area contributed by atoms with Crippen LogP contribution >= 0.6 is 0 Å². The minimum Gasteiger partial charge on any atom is -0.0628 e. The molecule has 9 atom stereocenters. The first kappa shape index (κ1) is 19.0. The van der Waals surface area contributed by atoms with Crippen LogP contribution < -0.4 is 0 Å². The van der Waals surface area contributed by atoms with E-state index in [4.69, 9.17) is 0 Å². The Hall–Kier alpha value is 0. The summed E-state index contributed by atoms with van der Waals surface area (Å²) in [6.45, 7) is 12.9. The number of rotatable bonds is 5. The maximum atomic E-state index is 2.76. The Morgan fingerprint density at radius 3 is 2.37 bits per heavy atom. The van der Waals surface area contributed by atoms with E-state index in [1.54, 1.807) is 57.8 Å². The monoisotopic (exact) mass is 370 g/mol. The van der Waals surface area contributed by atoms with Crippen molar-refractivity contribution in [2.45, 2.75) is 112 Å². The lowest BCUT2D eigenvalue weighted by Crippen LogP contribution is -2.52. The van der Waals surface area contributed by atoms with Gasteiger partial charge in [-0.1, -0.05) is 53.9 Å². The van der Waals surface area contributed by atoms with Crippen LogP contribution in [0, 0.1) is 57.7 Å².